The number of hydrogen-bond donors (Lipinski definition) is 1. The number of fused-ring (bicyclic) bond motifs is 1. The van der Waals surface area contributed by atoms with Crippen LogP contribution in [0.3, 0.4) is 0 Å². The van der Waals surface area contributed by atoms with Crippen LogP contribution in [0.5, 0.6) is 0 Å². The molecule has 4 aromatic rings. The number of aromatic nitrogens is 2. The summed E-state index contributed by atoms with van der Waals surface area (Å²) in [4.78, 5) is 20.5. The van der Waals surface area contributed by atoms with Crippen molar-refractivity contribution < 1.29 is 13.7 Å². The van der Waals surface area contributed by atoms with Gasteiger partial charge >= 0.3 is 0 Å². The number of nitrogens with zero attached hydrogens (tertiary/aromatic N) is 3. The number of hydrogen-bond acceptors (Lipinski definition) is 6. The molecule has 0 bridgehead atoms. The predicted octanol–water partition coefficient (Wildman–Crippen LogP) is 5.38. The number of aryl methyl sites for hydroxylation is 2. The normalized spacial score (nSPS) is 13.1. The third-order valence-corrected chi connectivity index (χ3v) is 6.81. The summed E-state index contributed by atoms with van der Waals surface area (Å²) in [5.74, 6) is 0.201. The molecule has 0 aliphatic carbocycles. The number of amides is 1. The topological polar surface area (TPSA) is 71.3 Å². The van der Waals surface area contributed by atoms with Gasteiger partial charge in [0.05, 0.1) is 0 Å². The summed E-state index contributed by atoms with van der Waals surface area (Å²) in [7, 11) is 0. The molecule has 1 aliphatic rings. The highest BCUT2D eigenvalue weighted by Gasteiger charge is 2.17. The van der Waals surface area contributed by atoms with Gasteiger partial charge in [-0.3, -0.25) is 4.79 Å². The number of rotatable bonds is 6. The van der Waals surface area contributed by atoms with E-state index in [1.54, 1.807) is 19.1 Å². The second kappa shape index (κ2) is 9.15. The summed E-state index contributed by atoms with van der Waals surface area (Å²) in [6.07, 6.45) is 1.59. The standard InChI is InChI=1S/C25H23FN4O2S/c1-16-2-3-17(14-21(16)26)25-28-24(32-29-25)9-8-23(31)27-19-4-6-20(7-5-19)30-12-10-22-18(15-30)11-13-33-22/h2-7,11,13-14H,8-10,12,15H2,1H3,(H,27,31). The summed E-state index contributed by atoms with van der Waals surface area (Å²) < 4.78 is 19.0. The molecule has 0 radical (unpaired) electrons. The fraction of sp³-hybridized carbons (Fsp3) is 0.240. The Morgan fingerprint density at radius 2 is 2.06 bits per heavy atom. The molecule has 0 saturated heterocycles. The summed E-state index contributed by atoms with van der Waals surface area (Å²) >= 11 is 1.83. The minimum atomic E-state index is -0.319. The van der Waals surface area contributed by atoms with E-state index in [1.807, 2.05) is 35.6 Å². The maximum absolute atomic E-state index is 13.8. The molecule has 0 spiro atoms. The molecular weight excluding hydrogens is 439 g/mol. The number of anilines is 2. The van der Waals surface area contributed by atoms with Crippen molar-refractivity contribution in [2.45, 2.75) is 32.7 Å². The number of carbonyl (C=O) groups excluding carboxylic acids is 1. The van der Waals surface area contributed by atoms with Crippen molar-refractivity contribution in [2.75, 3.05) is 16.8 Å². The Bertz CT molecular complexity index is 1280. The van der Waals surface area contributed by atoms with Crippen molar-refractivity contribution in [1.29, 1.82) is 0 Å². The van der Waals surface area contributed by atoms with Gasteiger partial charge < -0.3 is 14.7 Å². The molecule has 1 aliphatic heterocycles. The monoisotopic (exact) mass is 462 g/mol. The zero-order valence-electron chi connectivity index (χ0n) is 18.2. The molecule has 168 valence electrons. The molecule has 6 nitrogen and oxygen atoms in total. The van der Waals surface area contributed by atoms with E-state index in [1.165, 1.54) is 16.5 Å². The highest BCUT2D eigenvalue weighted by molar-refractivity contribution is 7.10. The van der Waals surface area contributed by atoms with Crippen LogP contribution in [-0.4, -0.2) is 22.6 Å². The van der Waals surface area contributed by atoms with Gasteiger partial charge in [-0.25, -0.2) is 4.39 Å². The van der Waals surface area contributed by atoms with Gasteiger partial charge in [0.25, 0.3) is 0 Å². The van der Waals surface area contributed by atoms with Crippen LogP contribution in [0.2, 0.25) is 0 Å². The molecule has 0 fully saturated rings. The Morgan fingerprint density at radius 3 is 2.88 bits per heavy atom. The fourth-order valence-electron chi connectivity index (χ4n) is 3.87. The Morgan fingerprint density at radius 1 is 1.21 bits per heavy atom. The molecule has 0 atom stereocenters. The van der Waals surface area contributed by atoms with Crippen molar-refractivity contribution in [1.82, 2.24) is 10.1 Å². The zero-order chi connectivity index (χ0) is 22.8. The third kappa shape index (κ3) is 4.80. The Hall–Kier alpha value is -3.52. The second-order valence-corrected chi connectivity index (χ2v) is 9.11. The molecule has 1 amide bonds. The lowest BCUT2D eigenvalue weighted by atomic mass is 10.1. The van der Waals surface area contributed by atoms with Gasteiger partial charge in [-0.05, 0) is 66.2 Å². The van der Waals surface area contributed by atoms with Crippen LogP contribution in [0.1, 0.15) is 28.3 Å². The molecule has 33 heavy (non-hydrogen) atoms. The van der Waals surface area contributed by atoms with E-state index >= 15 is 0 Å². The van der Waals surface area contributed by atoms with Gasteiger partial charge in [0.2, 0.25) is 17.6 Å². The number of benzene rings is 2. The first-order chi connectivity index (χ1) is 16.0. The lowest BCUT2D eigenvalue weighted by molar-refractivity contribution is -0.116. The Labute approximate surface area is 195 Å². The van der Waals surface area contributed by atoms with E-state index in [9.17, 15) is 9.18 Å². The SMILES string of the molecule is Cc1ccc(-c2noc(CCC(=O)Nc3ccc(N4CCc5sccc5C4)cc3)n2)cc1F. The molecule has 1 N–H and O–H groups in total. The summed E-state index contributed by atoms with van der Waals surface area (Å²) in [5.41, 5.74) is 4.40. The van der Waals surface area contributed by atoms with Gasteiger partial charge in [-0.15, -0.1) is 11.3 Å². The van der Waals surface area contributed by atoms with Crippen molar-refractivity contribution >= 4 is 28.6 Å². The van der Waals surface area contributed by atoms with E-state index in [-0.39, 0.29) is 18.1 Å². The molecule has 8 heteroatoms. The van der Waals surface area contributed by atoms with Crippen LogP contribution in [0.15, 0.2) is 58.4 Å². The van der Waals surface area contributed by atoms with Gasteiger partial charge in [-0.2, -0.15) is 4.98 Å². The Balaban J connectivity index is 1.14. The Kier molecular flexibility index (Phi) is 5.92. The third-order valence-electron chi connectivity index (χ3n) is 5.79. The van der Waals surface area contributed by atoms with E-state index in [2.05, 4.69) is 31.8 Å². The number of nitrogens with one attached hydrogen (secondary N) is 1. The highest BCUT2D eigenvalue weighted by atomic mass is 32.1. The number of halogens is 1. The average molecular weight is 463 g/mol. The van der Waals surface area contributed by atoms with Gasteiger partial charge in [-0.1, -0.05) is 17.3 Å². The lowest BCUT2D eigenvalue weighted by Gasteiger charge is -2.29. The summed E-state index contributed by atoms with van der Waals surface area (Å²) in [6.45, 7) is 3.62. The minimum absolute atomic E-state index is 0.134. The lowest BCUT2D eigenvalue weighted by Crippen LogP contribution is -2.29. The van der Waals surface area contributed by atoms with Crippen molar-refractivity contribution in [3.05, 3.63) is 81.6 Å². The molecule has 2 aromatic heterocycles. The molecule has 2 aromatic carbocycles. The zero-order valence-corrected chi connectivity index (χ0v) is 19.0. The van der Waals surface area contributed by atoms with Crippen LogP contribution < -0.4 is 10.2 Å². The largest absolute Gasteiger partial charge is 0.367 e. The van der Waals surface area contributed by atoms with Crippen LogP contribution in [-0.2, 0) is 24.2 Å². The summed E-state index contributed by atoms with van der Waals surface area (Å²) in [6, 6.07) is 14.9. The van der Waals surface area contributed by atoms with E-state index in [4.69, 9.17) is 4.52 Å². The maximum Gasteiger partial charge on any atom is 0.227 e. The van der Waals surface area contributed by atoms with Crippen LogP contribution >= 0.6 is 11.3 Å². The maximum atomic E-state index is 13.8. The van der Waals surface area contributed by atoms with Crippen molar-refractivity contribution in [3.8, 4) is 11.4 Å². The average Bonchev–Trinajstić information content (AvgIpc) is 3.49. The molecular formula is C25H23FN4O2S. The first-order valence-electron chi connectivity index (χ1n) is 10.8. The van der Waals surface area contributed by atoms with Crippen LogP contribution in [0.25, 0.3) is 11.4 Å². The molecule has 0 saturated carbocycles. The smallest absolute Gasteiger partial charge is 0.227 e. The second-order valence-electron chi connectivity index (χ2n) is 8.11. The summed E-state index contributed by atoms with van der Waals surface area (Å²) in [5, 5.41) is 8.96. The number of carbonyl (C=O) groups is 1. The van der Waals surface area contributed by atoms with Crippen molar-refractivity contribution in [2.24, 2.45) is 0 Å². The van der Waals surface area contributed by atoms with Gasteiger partial charge in [0, 0.05) is 47.7 Å². The molecule has 5 rings (SSSR count). The van der Waals surface area contributed by atoms with Gasteiger partial charge in [0.1, 0.15) is 5.82 Å². The first-order valence-corrected chi connectivity index (χ1v) is 11.7. The quantitative estimate of drug-likeness (QED) is 0.417. The van der Waals surface area contributed by atoms with E-state index in [0.29, 0.717) is 29.3 Å². The predicted molar refractivity (Wildman–Crippen MR) is 127 cm³/mol. The number of thiophene rings is 1. The van der Waals surface area contributed by atoms with Crippen LogP contribution in [0, 0.1) is 12.7 Å². The highest BCUT2D eigenvalue weighted by Crippen LogP contribution is 2.28. The minimum Gasteiger partial charge on any atom is -0.367 e. The first kappa shape index (κ1) is 21.3. The van der Waals surface area contributed by atoms with Crippen molar-refractivity contribution in [3.63, 3.8) is 0 Å². The fourth-order valence-corrected chi connectivity index (χ4v) is 4.76. The van der Waals surface area contributed by atoms with Crippen LogP contribution in [0.4, 0.5) is 15.8 Å². The molecule has 3 heterocycles. The van der Waals surface area contributed by atoms with E-state index in [0.717, 1.165) is 30.9 Å². The molecule has 0 unspecified atom stereocenters. The van der Waals surface area contributed by atoms with Gasteiger partial charge in [0.15, 0.2) is 0 Å². The van der Waals surface area contributed by atoms with E-state index < -0.39 is 0 Å².